The highest BCUT2D eigenvalue weighted by Gasteiger charge is 2.43. The first-order chi connectivity index (χ1) is 34.1. The fourth-order valence-electron chi connectivity index (χ4n) is 11.0. The van der Waals surface area contributed by atoms with Crippen LogP contribution in [-0.4, -0.2) is 25.6 Å². The van der Waals surface area contributed by atoms with Crippen LogP contribution >= 0.6 is 0 Å². The summed E-state index contributed by atoms with van der Waals surface area (Å²) in [5.41, 5.74) is 11.4. The Morgan fingerprint density at radius 3 is 1.86 bits per heavy atom. The number of allylic oxidation sites excluding steroid dienone is 2. The van der Waals surface area contributed by atoms with Crippen molar-refractivity contribution in [2.24, 2.45) is 0 Å². The predicted molar refractivity (Wildman–Crippen MR) is 284 cm³/mol. The maximum absolute atomic E-state index is 6.49. The topological polar surface area (TPSA) is 52.8 Å². The second-order valence-electron chi connectivity index (χ2n) is 18.5. The maximum Gasteiger partial charge on any atom is 0.164 e. The molecule has 0 saturated heterocycles. The van der Waals surface area contributed by atoms with Crippen LogP contribution in [0.3, 0.4) is 0 Å². The zero-order valence-corrected chi connectivity index (χ0v) is 37.7. The average Bonchev–Trinajstić information content (AvgIpc) is 3.90. The number of rotatable bonds is 6. The molecule has 0 saturated carbocycles. The molecular weight excluding hydrogens is 841 g/mol. The van der Waals surface area contributed by atoms with E-state index in [0.717, 1.165) is 72.2 Å². The SMILES string of the molecule is CC12C=CC=CC1Oc1ccc(-c3nc(-c4ccccc4)nc(-c4cc(-c5ccccc5)c(-n5c6cc7ccccc7cc6c6ccc7ccccc7c65)c5ccc(-c6ccccc6)cc45)n3)cc12. The average molecular weight is 883 g/mol. The van der Waals surface area contributed by atoms with Crippen molar-refractivity contribution in [2.45, 2.75) is 18.4 Å². The molecule has 324 valence electrons. The molecule has 2 unspecified atom stereocenters. The Labute approximate surface area is 399 Å². The molecule has 0 N–H and O–H groups in total. The molecule has 0 amide bonds. The van der Waals surface area contributed by atoms with Crippen molar-refractivity contribution < 1.29 is 4.74 Å². The monoisotopic (exact) mass is 882 g/mol. The summed E-state index contributed by atoms with van der Waals surface area (Å²) in [5.74, 6) is 2.68. The van der Waals surface area contributed by atoms with Crippen molar-refractivity contribution >= 4 is 54.1 Å². The first-order valence-electron chi connectivity index (χ1n) is 23.6. The lowest BCUT2D eigenvalue weighted by atomic mass is 9.76. The molecular formula is C64H42N4O. The Kier molecular flexibility index (Phi) is 8.71. The number of aromatic nitrogens is 4. The zero-order valence-electron chi connectivity index (χ0n) is 37.7. The minimum Gasteiger partial charge on any atom is -0.485 e. The van der Waals surface area contributed by atoms with Gasteiger partial charge in [0.25, 0.3) is 0 Å². The van der Waals surface area contributed by atoms with Gasteiger partial charge in [0.1, 0.15) is 11.9 Å². The molecule has 0 spiro atoms. The second kappa shape index (κ2) is 15.3. The maximum atomic E-state index is 6.49. The third-order valence-electron chi connectivity index (χ3n) is 14.5. The summed E-state index contributed by atoms with van der Waals surface area (Å²) < 4.78 is 9.03. The first-order valence-corrected chi connectivity index (χ1v) is 23.6. The van der Waals surface area contributed by atoms with Crippen LogP contribution in [0, 0.1) is 0 Å². The summed E-state index contributed by atoms with van der Waals surface area (Å²) in [4.78, 5) is 16.2. The Morgan fingerprint density at radius 2 is 1.07 bits per heavy atom. The van der Waals surface area contributed by atoms with E-state index in [4.69, 9.17) is 19.7 Å². The highest BCUT2D eigenvalue weighted by atomic mass is 16.5. The molecule has 12 aromatic rings. The third kappa shape index (κ3) is 6.21. The van der Waals surface area contributed by atoms with Gasteiger partial charge >= 0.3 is 0 Å². The fourth-order valence-corrected chi connectivity index (χ4v) is 11.0. The van der Waals surface area contributed by atoms with Gasteiger partial charge in [-0.2, -0.15) is 0 Å². The van der Waals surface area contributed by atoms with Crippen LogP contribution in [0.2, 0.25) is 0 Å². The normalized spacial score (nSPS) is 16.1. The van der Waals surface area contributed by atoms with E-state index in [2.05, 4.69) is 224 Å². The number of ether oxygens (including phenoxy) is 1. The molecule has 3 heterocycles. The summed E-state index contributed by atoms with van der Waals surface area (Å²) in [6.45, 7) is 2.24. The molecule has 14 rings (SSSR count). The van der Waals surface area contributed by atoms with Gasteiger partial charge in [-0.15, -0.1) is 0 Å². The van der Waals surface area contributed by atoms with Crippen LogP contribution < -0.4 is 4.74 Å². The van der Waals surface area contributed by atoms with E-state index in [9.17, 15) is 0 Å². The van der Waals surface area contributed by atoms with Crippen LogP contribution in [0.25, 0.3) is 116 Å². The Hall–Kier alpha value is -8.93. The molecule has 10 aromatic carbocycles. The van der Waals surface area contributed by atoms with Gasteiger partial charge in [0, 0.05) is 49.4 Å². The second-order valence-corrected chi connectivity index (χ2v) is 18.5. The zero-order chi connectivity index (χ0) is 45.6. The van der Waals surface area contributed by atoms with Crippen LogP contribution in [0.15, 0.2) is 231 Å². The van der Waals surface area contributed by atoms with Gasteiger partial charge in [-0.3, -0.25) is 0 Å². The van der Waals surface area contributed by atoms with Crippen LogP contribution in [-0.2, 0) is 5.41 Å². The van der Waals surface area contributed by atoms with Crippen molar-refractivity contribution in [2.75, 3.05) is 0 Å². The number of nitrogens with zero attached hydrogens (tertiary/aromatic N) is 4. The highest BCUT2D eigenvalue weighted by molar-refractivity contribution is 6.22. The van der Waals surface area contributed by atoms with E-state index < -0.39 is 0 Å². The molecule has 1 aliphatic carbocycles. The molecule has 2 aliphatic rings. The van der Waals surface area contributed by atoms with Crippen molar-refractivity contribution in [1.82, 2.24) is 19.5 Å². The van der Waals surface area contributed by atoms with Gasteiger partial charge in [0.05, 0.1) is 22.1 Å². The molecule has 0 fully saturated rings. The van der Waals surface area contributed by atoms with E-state index in [1.165, 1.54) is 37.8 Å². The largest absolute Gasteiger partial charge is 0.485 e. The van der Waals surface area contributed by atoms with Gasteiger partial charge < -0.3 is 9.30 Å². The van der Waals surface area contributed by atoms with Crippen molar-refractivity contribution in [3.05, 3.63) is 236 Å². The third-order valence-corrected chi connectivity index (χ3v) is 14.5. The van der Waals surface area contributed by atoms with Crippen LogP contribution in [0.1, 0.15) is 12.5 Å². The van der Waals surface area contributed by atoms with E-state index in [0.29, 0.717) is 17.5 Å². The van der Waals surface area contributed by atoms with E-state index in [1.807, 2.05) is 18.2 Å². The standard InChI is InChI=1S/C64H42N4O/c1-64-34-16-15-27-58(64)69-57-33-30-47(37-55(57)64)62-65-61(43-22-9-4-10-23-43)66-63(67-62)54-39-51(41-19-7-3-8-20-41)60(49-32-29-46(35-52(49)54)40-17-5-2-6-18-40)68-56-38-45-25-12-11-24-44(45)36-53(56)50-31-28-42-21-13-14-26-48(42)59(50)68/h2-39,58H,1H3. The number of hydrogen-bond acceptors (Lipinski definition) is 4. The number of hydrogen-bond donors (Lipinski definition) is 0. The van der Waals surface area contributed by atoms with Gasteiger partial charge in [-0.1, -0.05) is 182 Å². The minimum atomic E-state index is -0.312. The number of fused-ring (bicyclic) bond motifs is 10. The van der Waals surface area contributed by atoms with Gasteiger partial charge in [0.2, 0.25) is 0 Å². The Bertz CT molecular complexity index is 4120. The highest BCUT2D eigenvalue weighted by Crippen LogP contribution is 2.49. The van der Waals surface area contributed by atoms with Crippen LogP contribution in [0.4, 0.5) is 0 Å². The van der Waals surface area contributed by atoms with Crippen molar-refractivity contribution in [3.63, 3.8) is 0 Å². The van der Waals surface area contributed by atoms with Crippen molar-refractivity contribution in [3.8, 4) is 67.9 Å². The summed E-state index contributed by atoms with van der Waals surface area (Å²) in [7, 11) is 0. The molecule has 2 atom stereocenters. The van der Waals surface area contributed by atoms with Gasteiger partial charge in [-0.25, -0.2) is 15.0 Å². The fraction of sp³-hybridized carbons (Fsp3) is 0.0469. The van der Waals surface area contributed by atoms with Crippen LogP contribution in [0.5, 0.6) is 5.75 Å². The molecule has 1 aliphatic heterocycles. The predicted octanol–water partition coefficient (Wildman–Crippen LogP) is 15.9. The lowest BCUT2D eigenvalue weighted by molar-refractivity contribution is 0.228. The molecule has 0 bridgehead atoms. The molecule has 0 radical (unpaired) electrons. The summed E-state index contributed by atoms with van der Waals surface area (Å²) in [6.07, 6.45) is 8.49. The first kappa shape index (κ1) is 39.3. The molecule has 5 heteroatoms. The summed E-state index contributed by atoms with van der Waals surface area (Å²) in [5, 5.41) is 9.33. The molecule has 5 nitrogen and oxygen atoms in total. The smallest absolute Gasteiger partial charge is 0.164 e. The number of benzene rings is 10. The Balaban J connectivity index is 1.12. The van der Waals surface area contributed by atoms with Crippen molar-refractivity contribution in [1.29, 1.82) is 0 Å². The minimum absolute atomic E-state index is 0.0760. The quantitative estimate of drug-likeness (QED) is 0.167. The lowest BCUT2D eigenvalue weighted by Crippen LogP contribution is -2.32. The van der Waals surface area contributed by atoms with Gasteiger partial charge in [-0.05, 0) is 93.7 Å². The Morgan fingerprint density at radius 1 is 0.435 bits per heavy atom. The van der Waals surface area contributed by atoms with Gasteiger partial charge in [0.15, 0.2) is 17.5 Å². The summed E-state index contributed by atoms with van der Waals surface area (Å²) in [6, 6.07) is 74.1. The van der Waals surface area contributed by atoms with E-state index in [1.54, 1.807) is 0 Å². The molecule has 2 aromatic heterocycles. The molecule has 69 heavy (non-hydrogen) atoms. The van der Waals surface area contributed by atoms with E-state index >= 15 is 0 Å². The van der Waals surface area contributed by atoms with E-state index in [-0.39, 0.29) is 11.5 Å². The lowest BCUT2D eigenvalue weighted by Gasteiger charge is -2.27. The summed E-state index contributed by atoms with van der Waals surface area (Å²) >= 11 is 0.